The summed E-state index contributed by atoms with van der Waals surface area (Å²) in [4.78, 5) is 29.1. The first kappa shape index (κ1) is 13.8. The van der Waals surface area contributed by atoms with Crippen molar-refractivity contribution in [2.75, 3.05) is 6.54 Å². The Kier molecular flexibility index (Phi) is 3.70. The number of carbonyl (C=O) groups is 2. The molecule has 1 aliphatic carbocycles. The quantitative estimate of drug-likeness (QED) is 0.921. The van der Waals surface area contributed by atoms with E-state index in [1.807, 2.05) is 30.3 Å². The molecule has 1 saturated carbocycles. The third-order valence-electron chi connectivity index (χ3n) is 3.30. The number of nitrogens with zero attached hydrogens (tertiary/aromatic N) is 2. The summed E-state index contributed by atoms with van der Waals surface area (Å²) >= 11 is 1.39. The van der Waals surface area contributed by atoms with E-state index in [0.717, 1.165) is 23.4 Å². The number of benzene rings is 1. The molecule has 0 saturated heterocycles. The summed E-state index contributed by atoms with van der Waals surface area (Å²) in [6.07, 6.45) is 1.74. The van der Waals surface area contributed by atoms with Crippen LogP contribution in [-0.4, -0.2) is 39.5 Å². The molecule has 5 nitrogen and oxygen atoms in total. The number of hydrogen-bond donors (Lipinski definition) is 1. The Bertz CT molecular complexity index is 665. The van der Waals surface area contributed by atoms with E-state index >= 15 is 0 Å². The van der Waals surface area contributed by atoms with Crippen LogP contribution >= 0.6 is 11.3 Å². The average Bonchev–Trinajstić information content (AvgIpc) is 3.21. The first-order valence-electron chi connectivity index (χ1n) is 6.69. The predicted octanol–water partition coefficient (Wildman–Crippen LogP) is 2.50. The molecule has 0 bridgehead atoms. The van der Waals surface area contributed by atoms with E-state index < -0.39 is 5.97 Å². The van der Waals surface area contributed by atoms with Crippen LogP contribution in [0.2, 0.25) is 0 Å². The summed E-state index contributed by atoms with van der Waals surface area (Å²) in [5.41, 5.74) is 1.28. The molecule has 0 atom stereocenters. The van der Waals surface area contributed by atoms with E-state index in [0.29, 0.717) is 5.69 Å². The van der Waals surface area contributed by atoms with Gasteiger partial charge in [0.2, 0.25) is 0 Å². The second-order valence-electron chi connectivity index (χ2n) is 4.96. The van der Waals surface area contributed by atoms with E-state index in [1.165, 1.54) is 16.2 Å². The van der Waals surface area contributed by atoms with Gasteiger partial charge < -0.3 is 10.0 Å². The first-order chi connectivity index (χ1) is 10.1. The Morgan fingerprint density at radius 3 is 2.62 bits per heavy atom. The van der Waals surface area contributed by atoms with Gasteiger partial charge in [0, 0.05) is 17.0 Å². The van der Waals surface area contributed by atoms with Crippen LogP contribution in [0.1, 0.15) is 23.3 Å². The van der Waals surface area contributed by atoms with Crippen molar-refractivity contribution in [1.82, 2.24) is 9.88 Å². The SMILES string of the molecule is O=C(O)CN(C(=O)c1csc(-c2ccccc2)n1)C1CC1. The van der Waals surface area contributed by atoms with Crippen molar-refractivity contribution in [2.24, 2.45) is 0 Å². The minimum Gasteiger partial charge on any atom is -0.480 e. The highest BCUT2D eigenvalue weighted by Gasteiger charge is 2.35. The van der Waals surface area contributed by atoms with Gasteiger partial charge in [0.1, 0.15) is 17.2 Å². The molecule has 2 aromatic rings. The zero-order valence-corrected chi connectivity index (χ0v) is 12.0. The first-order valence-corrected chi connectivity index (χ1v) is 7.57. The van der Waals surface area contributed by atoms with Gasteiger partial charge in [-0.25, -0.2) is 4.98 Å². The summed E-state index contributed by atoms with van der Waals surface area (Å²) in [5, 5.41) is 11.4. The van der Waals surface area contributed by atoms with Crippen LogP contribution in [0.25, 0.3) is 10.6 Å². The van der Waals surface area contributed by atoms with Crippen LogP contribution in [0.5, 0.6) is 0 Å². The molecule has 6 heteroatoms. The molecule has 0 aliphatic heterocycles. The zero-order chi connectivity index (χ0) is 14.8. The molecule has 1 amide bonds. The van der Waals surface area contributed by atoms with E-state index in [9.17, 15) is 9.59 Å². The Labute approximate surface area is 125 Å². The van der Waals surface area contributed by atoms with Crippen molar-refractivity contribution in [3.8, 4) is 10.6 Å². The summed E-state index contributed by atoms with van der Waals surface area (Å²) in [5.74, 6) is -1.29. The van der Waals surface area contributed by atoms with Gasteiger partial charge in [-0.15, -0.1) is 11.3 Å². The number of carboxylic acid groups (broad SMARTS) is 1. The summed E-state index contributed by atoms with van der Waals surface area (Å²) in [6, 6.07) is 9.67. The molecule has 3 rings (SSSR count). The maximum Gasteiger partial charge on any atom is 0.323 e. The maximum absolute atomic E-state index is 12.4. The van der Waals surface area contributed by atoms with Crippen molar-refractivity contribution in [3.63, 3.8) is 0 Å². The fourth-order valence-electron chi connectivity index (χ4n) is 2.13. The number of aliphatic carboxylic acids is 1. The Morgan fingerprint density at radius 1 is 1.29 bits per heavy atom. The molecule has 1 N–H and O–H groups in total. The summed E-state index contributed by atoms with van der Waals surface area (Å²) < 4.78 is 0. The van der Waals surface area contributed by atoms with Gasteiger partial charge in [-0.05, 0) is 12.8 Å². The van der Waals surface area contributed by atoms with Crippen molar-refractivity contribution >= 4 is 23.2 Å². The van der Waals surface area contributed by atoms with Crippen molar-refractivity contribution in [3.05, 3.63) is 41.4 Å². The van der Waals surface area contributed by atoms with Gasteiger partial charge in [0.25, 0.3) is 5.91 Å². The summed E-state index contributed by atoms with van der Waals surface area (Å²) in [6.45, 7) is -0.262. The highest BCUT2D eigenvalue weighted by atomic mass is 32.1. The molecule has 1 fully saturated rings. The molecule has 1 aliphatic rings. The molecule has 0 spiro atoms. The molecular weight excluding hydrogens is 288 g/mol. The molecule has 21 heavy (non-hydrogen) atoms. The van der Waals surface area contributed by atoms with Crippen LogP contribution in [0, 0.1) is 0 Å². The van der Waals surface area contributed by atoms with Crippen LogP contribution in [0.4, 0.5) is 0 Å². The highest BCUT2D eigenvalue weighted by Crippen LogP contribution is 2.29. The van der Waals surface area contributed by atoms with Gasteiger partial charge in [0.05, 0.1) is 0 Å². The predicted molar refractivity (Wildman–Crippen MR) is 79.2 cm³/mol. The summed E-state index contributed by atoms with van der Waals surface area (Å²) in [7, 11) is 0. The van der Waals surface area contributed by atoms with E-state index in [-0.39, 0.29) is 18.5 Å². The Balaban J connectivity index is 1.81. The molecule has 1 aromatic heterocycles. The fourth-order valence-corrected chi connectivity index (χ4v) is 2.93. The molecular formula is C15H14N2O3S. The van der Waals surface area contributed by atoms with E-state index in [1.54, 1.807) is 5.38 Å². The normalized spacial score (nSPS) is 13.9. The monoisotopic (exact) mass is 302 g/mol. The lowest BCUT2D eigenvalue weighted by molar-refractivity contribution is -0.137. The lowest BCUT2D eigenvalue weighted by Crippen LogP contribution is -2.37. The molecule has 0 unspecified atom stereocenters. The van der Waals surface area contributed by atoms with Crippen LogP contribution in [0.3, 0.4) is 0 Å². The Hall–Kier alpha value is -2.21. The third-order valence-corrected chi connectivity index (χ3v) is 4.19. The van der Waals surface area contributed by atoms with E-state index in [2.05, 4.69) is 4.98 Å². The maximum atomic E-state index is 12.4. The number of hydrogen-bond acceptors (Lipinski definition) is 4. The third kappa shape index (κ3) is 3.11. The number of carbonyl (C=O) groups excluding carboxylic acids is 1. The minimum atomic E-state index is -0.992. The minimum absolute atomic E-state index is 0.0514. The standard InChI is InChI=1S/C15H14N2O3S/c18-13(19)8-17(11-6-7-11)15(20)12-9-21-14(16-12)10-4-2-1-3-5-10/h1-5,9,11H,6-8H2,(H,18,19). The van der Waals surface area contributed by atoms with Gasteiger partial charge in [-0.2, -0.15) is 0 Å². The van der Waals surface area contributed by atoms with Crippen LogP contribution < -0.4 is 0 Å². The molecule has 0 radical (unpaired) electrons. The van der Waals surface area contributed by atoms with Gasteiger partial charge in [-0.1, -0.05) is 30.3 Å². The second-order valence-corrected chi connectivity index (χ2v) is 5.82. The number of amides is 1. The number of rotatable bonds is 5. The molecule has 1 aromatic carbocycles. The van der Waals surface area contributed by atoms with Crippen LogP contribution in [-0.2, 0) is 4.79 Å². The number of thiazole rings is 1. The number of aromatic nitrogens is 1. The van der Waals surface area contributed by atoms with Gasteiger partial charge >= 0.3 is 5.97 Å². The Morgan fingerprint density at radius 2 is 2.00 bits per heavy atom. The largest absolute Gasteiger partial charge is 0.480 e. The van der Waals surface area contributed by atoms with Gasteiger partial charge in [0.15, 0.2) is 0 Å². The van der Waals surface area contributed by atoms with Crippen molar-refractivity contribution in [2.45, 2.75) is 18.9 Å². The lowest BCUT2D eigenvalue weighted by atomic mass is 10.2. The molecule has 108 valence electrons. The fraction of sp³-hybridized carbons (Fsp3) is 0.267. The average molecular weight is 302 g/mol. The number of carboxylic acids is 1. The topological polar surface area (TPSA) is 70.5 Å². The zero-order valence-electron chi connectivity index (χ0n) is 11.2. The van der Waals surface area contributed by atoms with E-state index in [4.69, 9.17) is 5.11 Å². The highest BCUT2D eigenvalue weighted by molar-refractivity contribution is 7.13. The second kappa shape index (κ2) is 5.65. The smallest absolute Gasteiger partial charge is 0.323 e. The lowest BCUT2D eigenvalue weighted by Gasteiger charge is -2.18. The van der Waals surface area contributed by atoms with Crippen molar-refractivity contribution in [1.29, 1.82) is 0 Å². The molecule has 1 heterocycles. The van der Waals surface area contributed by atoms with Crippen molar-refractivity contribution < 1.29 is 14.7 Å². The van der Waals surface area contributed by atoms with Gasteiger partial charge in [-0.3, -0.25) is 9.59 Å². The van der Waals surface area contributed by atoms with Crippen LogP contribution in [0.15, 0.2) is 35.7 Å².